The number of halogens is 1. The standard InChI is InChI=1S/C12H20ClN3O3S/c1-15(2)20(17,18)11-5-6-12(14-7-11)16(3)8-10(13)9-19-4/h5-7,10H,8-9H2,1-4H3. The average molecular weight is 322 g/mol. The summed E-state index contributed by atoms with van der Waals surface area (Å²) in [6.45, 7) is 1.00. The van der Waals surface area contributed by atoms with Crippen molar-refractivity contribution in [2.75, 3.05) is 46.3 Å². The lowest BCUT2D eigenvalue weighted by Gasteiger charge is -2.21. The van der Waals surface area contributed by atoms with E-state index in [1.54, 1.807) is 13.2 Å². The molecule has 0 saturated carbocycles. The number of aromatic nitrogens is 1. The van der Waals surface area contributed by atoms with Gasteiger partial charge >= 0.3 is 0 Å². The van der Waals surface area contributed by atoms with E-state index in [1.807, 2.05) is 11.9 Å². The van der Waals surface area contributed by atoms with E-state index in [0.717, 1.165) is 4.31 Å². The van der Waals surface area contributed by atoms with Crippen molar-refractivity contribution in [1.29, 1.82) is 0 Å². The smallest absolute Gasteiger partial charge is 0.244 e. The largest absolute Gasteiger partial charge is 0.383 e. The number of alkyl halides is 1. The first-order valence-corrected chi connectivity index (χ1v) is 7.89. The molecule has 1 unspecified atom stereocenters. The Kier molecular flexibility index (Phi) is 6.19. The van der Waals surface area contributed by atoms with E-state index >= 15 is 0 Å². The van der Waals surface area contributed by atoms with Gasteiger partial charge in [0.25, 0.3) is 0 Å². The molecule has 114 valence electrons. The van der Waals surface area contributed by atoms with Gasteiger partial charge in [-0.05, 0) is 12.1 Å². The van der Waals surface area contributed by atoms with Crippen LogP contribution in [0.2, 0.25) is 0 Å². The summed E-state index contributed by atoms with van der Waals surface area (Å²) in [5.41, 5.74) is 0. The molecule has 1 rings (SSSR count). The minimum absolute atomic E-state index is 0.156. The molecule has 6 nitrogen and oxygen atoms in total. The Labute approximate surface area is 125 Å². The summed E-state index contributed by atoms with van der Waals surface area (Å²) in [4.78, 5) is 6.18. The fourth-order valence-corrected chi connectivity index (χ4v) is 2.77. The van der Waals surface area contributed by atoms with Crippen molar-refractivity contribution in [2.45, 2.75) is 10.3 Å². The second-order valence-electron chi connectivity index (χ2n) is 4.57. The molecule has 8 heteroatoms. The molecule has 0 N–H and O–H groups in total. The van der Waals surface area contributed by atoms with Gasteiger partial charge < -0.3 is 9.64 Å². The lowest BCUT2D eigenvalue weighted by atomic mass is 10.4. The molecule has 0 aromatic carbocycles. The Morgan fingerprint density at radius 2 is 2.00 bits per heavy atom. The molecule has 0 spiro atoms. The molecule has 1 heterocycles. The average Bonchev–Trinajstić information content (AvgIpc) is 2.38. The van der Waals surface area contributed by atoms with E-state index in [1.165, 1.54) is 26.4 Å². The summed E-state index contributed by atoms with van der Waals surface area (Å²) in [5, 5.41) is -0.156. The molecule has 0 radical (unpaired) electrons. The lowest BCUT2D eigenvalue weighted by Crippen LogP contribution is -2.29. The summed E-state index contributed by atoms with van der Waals surface area (Å²) in [5.74, 6) is 0.657. The van der Waals surface area contributed by atoms with Gasteiger partial charge in [-0.1, -0.05) is 0 Å². The lowest BCUT2D eigenvalue weighted by molar-refractivity contribution is 0.199. The van der Waals surface area contributed by atoms with Crippen LogP contribution in [0, 0.1) is 0 Å². The summed E-state index contributed by atoms with van der Waals surface area (Å²) in [7, 11) is 2.96. The fourth-order valence-electron chi connectivity index (χ4n) is 1.59. The Morgan fingerprint density at radius 1 is 1.35 bits per heavy atom. The molecule has 0 aliphatic rings. The zero-order chi connectivity index (χ0) is 15.3. The topological polar surface area (TPSA) is 62.7 Å². The number of pyridine rings is 1. The van der Waals surface area contributed by atoms with Crippen LogP contribution in [-0.4, -0.2) is 64.5 Å². The van der Waals surface area contributed by atoms with Gasteiger partial charge in [-0.2, -0.15) is 0 Å². The number of hydrogen-bond donors (Lipinski definition) is 0. The quantitative estimate of drug-likeness (QED) is 0.702. The molecule has 0 fully saturated rings. The molecule has 0 bridgehead atoms. The first-order valence-electron chi connectivity index (χ1n) is 6.01. The van der Waals surface area contributed by atoms with Crippen molar-refractivity contribution in [2.24, 2.45) is 0 Å². The molecule has 1 aromatic heterocycles. The van der Waals surface area contributed by atoms with Crippen molar-refractivity contribution in [3.63, 3.8) is 0 Å². The summed E-state index contributed by atoms with van der Waals surface area (Å²) in [6, 6.07) is 3.19. The van der Waals surface area contributed by atoms with E-state index in [0.29, 0.717) is 19.0 Å². The highest BCUT2D eigenvalue weighted by Gasteiger charge is 2.18. The zero-order valence-corrected chi connectivity index (χ0v) is 13.6. The Morgan fingerprint density at radius 3 is 2.45 bits per heavy atom. The number of methoxy groups -OCH3 is 1. The van der Waals surface area contributed by atoms with Crippen LogP contribution in [0.25, 0.3) is 0 Å². The Hall–Kier alpha value is -0.890. The van der Waals surface area contributed by atoms with E-state index < -0.39 is 10.0 Å². The number of rotatable bonds is 7. The van der Waals surface area contributed by atoms with Crippen LogP contribution in [0.5, 0.6) is 0 Å². The minimum Gasteiger partial charge on any atom is -0.383 e. The van der Waals surface area contributed by atoms with E-state index in [2.05, 4.69) is 4.98 Å². The number of ether oxygens (including phenoxy) is 1. The molecular weight excluding hydrogens is 302 g/mol. The summed E-state index contributed by atoms with van der Waals surface area (Å²) < 4.78 is 29.9. The first kappa shape index (κ1) is 17.2. The highest BCUT2D eigenvalue weighted by Crippen LogP contribution is 2.16. The van der Waals surface area contributed by atoms with Crippen LogP contribution in [0.3, 0.4) is 0 Å². The molecule has 0 amide bonds. The molecule has 0 saturated heterocycles. The van der Waals surface area contributed by atoms with Crippen molar-refractivity contribution in [1.82, 2.24) is 9.29 Å². The zero-order valence-electron chi connectivity index (χ0n) is 12.1. The van der Waals surface area contributed by atoms with Crippen LogP contribution in [-0.2, 0) is 14.8 Å². The first-order chi connectivity index (χ1) is 9.28. The molecule has 0 aliphatic carbocycles. The van der Waals surface area contributed by atoms with Gasteiger partial charge in [-0.3, -0.25) is 0 Å². The van der Waals surface area contributed by atoms with Crippen LogP contribution < -0.4 is 4.90 Å². The molecule has 0 aliphatic heterocycles. The van der Waals surface area contributed by atoms with Gasteiger partial charge in [0.15, 0.2) is 0 Å². The molecular formula is C12H20ClN3O3S. The third kappa shape index (κ3) is 4.31. The van der Waals surface area contributed by atoms with E-state index in [4.69, 9.17) is 16.3 Å². The number of anilines is 1. The molecule has 1 atom stereocenters. The normalized spacial score (nSPS) is 13.5. The Balaban J connectivity index is 2.81. The third-order valence-electron chi connectivity index (χ3n) is 2.71. The van der Waals surface area contributed by atoms with Crippen LogP contribution in [0.1, 0.15) is 0 Å². The van der Waals surface area contributed by atoms with Gasteiger partial charge in [0, 0.05) is 41.0 Å². The van der Waals surface area contributed by atoms with Gasteiger partial charge in [0.2, 0.25) is 10.0 Å². The van der Waals surface area contributed by atoms with Crippen molar-refractivity contribution in [3.05, 3.63) is 18.3 Å². The van der Waals surface area contributed by atoms with E-state index in [-0.39, 0.29) is 10.3 Å². The third-order valence-corrected chi connectivity index (χ3v) is 4.77. The van der Waals surface area contributed by atoms with Crippen molar-refractivity contribution < 1.29 is 13.2 Å². The van der Waals surface area contributed by atoms with Gasteiger partial charge in [0.1, 0.15) is 10.7 Å². The maximum absolute atomic E-state index is 11.9. The Bertz CT molecular complexity index is 519. The highest BCUT2D eigenvalue weighted by atomic mass is 35.5. The van der Waals surface area contributed by atoms with Crippen molar-refractivity contribution in [3.8, 4) is 0 Å². The van der Waals surface area contributed by atoms with Crippen molar-refractivity contribution >= 4 is 27.4 Å². The second-order valence-corrected chi connectivity index (χ2v) is 7.34. The second kappa shape index (κ2) is 7.21. The number of sulfonamides is 1. The molecule has 1 aromatic rings. The number of hydrogen-bond acceptors (Lipinski definition) is 5. The summed E-state index contributed by atoms with van der Waals surface area (Å²) >= 11 is 6.07. The molecule has 20 heavy (non-hydrogen) atoms. The fraction of sp³-hybridized carbons (Fsp3) is 0.583. The predicted octanol–water partition coefficient (Wildman–Crippen LogP) is 1.02. The maximum Gasteiger partial charge on any atom is 0.244 e. The van der Waals surface area contributed by atoms with Crippen LogP contribution in [0.15, 0.2) is 23.2 Å². The predicted molar refractivity (Wildman–Crippen MR) is 79.9 cm³/mol. The van der Waals surface area contributed by atoms with Gasteiger partial charge in [-0.25, -0.2) is 17.7 Å². The van der Waals surface area contributed by atoms with Gasteiger partial charge in [0.05, 0.1) is 12.0 Å². The van der Waals surface area contributed by atoms with Crippen LogP contribution in [0.4, 0.5) is 5.82 Å². The van der Waals surface area contributed by atoms with Gasteiger partial charge in [-0.15, -0.1) is 11.6 Å². The van der Waals surface area contributed by atoms with E-state index in [9.17, 15) is 8.42 Å². The minimum atomic E-state index is -3.44. The monoisotopic (exact) mass is 321 g/mol. The van der Waals surface area contributed by atoms with Crippen LogP contribution >= 0.6 is 11.6 Å². The summed E-state index contributed by atoms with van der Waals surface area (Å²) in [6.07, 6.45) is 1.35. The number of nitrogens with zero attached hydrogens (tertiary/aromatic N) is 3. The highest BCUT2D eigenvalue weighted by molar-refractivity contribution is 7.89. The maximum atomic E-state index is 11.9. The SMILES string of the molecule is COCC(Cl)CN(C)c1ccc(S(=O)(=O)N(C)C)cn1.